The molecule has 0 aliphatic heterocycles. The Hall–Kier alpha value is -3.61. The van der Waals surface area contributed by atoms with E-state index in [1.54, 1.807) is 23.9 Å². The van der Waals surface area contributed by atoms with Crippen LogP contribution >= 0.6 is 0 Å². The van der Waals surface area contributed by atoms with E-state index < -0.39 is 0 Å². The minimum atomic E-state index is -0.345. The lowest BCUT2D eigenvalue weighted by Crippen LogP contribution is -2.30. The zero-order valence-electron chi connectivity index (χ0n) is 17.3. The molecule has 0 unspecified atom stereocenters. The first-order valence-corrected chi connectivity index (χ1v) is 10.5. The number of amides is 1. The Bertz CT molecular complexity index is 1330. The monoisotopic (exact) mass is 417 g/mol. The van der Waals surface area contributed by atoms with Crippen LogP contribution in [-0.2, 0) is 6.54 Å². The SMILES string of the molecule is COc1cccc2cc(C(=O)NCc3nn(C4CCCC4)c(=O)c4ccccc34)oc12. The second-order valence-corrected chi connectivity index (χ2v) is 7.85. The summed E-state index contributed by atoms with van der Waals surface area (Å²) in [6, 6.07) is 14.7. The van der Waals surface area contributed by atoms with E-state index in [0.29, 0.717) is 22.4 Å². The van der Waals surface area contributed by atoms with Gasteiger partial charge in [-0.15, -0.1) is 0 Å². The van der Waals surface area contributed by atoms with Crippen LogP contribution in [0.2, 0.25) is 0 Å². The number of carbonyl (C=O) groups excluding carboxylic acids is 1. The molecule has 2 aromatic heterocycles. The maximum absolute atomic E-state index is 13.0. The third-order valence-corrected chi connectivity index (χ3v) is 5.94. The quantitative estimate of drug-likeness (QED) is 0.526. The molecule has 0 bridgehead atoms. The minimum absolute atomic E-state index is 0.0676. The molecule has 1 aliphatic rings. The smallest absolute Gasteiger partial charge is 0.287 e. The normalized spacial score (nSPS) is 14.4. The van der Waals surface area contributed by atoms with E-state index in [2.05, 4.69) is 10.4 Å². The van der Waals surface area contributed by atoms with E-state index in [1.807, 2.05) is 36.4 Å². The molecular formula is C24H23N3O4. The van der Waals surface area contributed by atoms with Gasteiger partial charge in [-0.05, 0) is 31.0 Å². The topological polar surface area (TPSA) is 86.4 Å². The fourth-order valence-electron chi connectivity index (χ4n) is 4.36. The van der Waals surface area contributed by atoms with Crippen molar-refractivity contribution in [2.75, 3.05) is 7.11 Å². The van der Waals surface area contributed by atoms with Crippen LogP contribution < -0.4 is 15.6 Å². The lowest BCUT2D eigenvalue weighted by atomic mass is 10.1. The summed E-state index contributed by atoms with van der Waals surface area (Å²) in [5, 5.41) is 9.73. The first-order chi connectivity index (χ1) is 15.2. The molecular weight excluding hydrogens is 394 g/mol. The first kappa shape index (κ1) is 19.4. The van der Waals surface area contributed by atoms with E-state index in [-0.39, 0.29) is 29.8 Å². The zero-order valence-corrected chi connectivity index (χ0v) is 17.3. The highest BCUT2D eigenvalue weighted by Gasteiger charge is 2.22. The molecule has 158 valence electrons. The largest absolute Gasteiger partial charge is 0.493 e. The Morgan fingerprint density at radius 3 is 2.71 bits per heavy atom. The van der Waals surface area contributed by atoms with Crippen molar-refractivity contribution >= 4 is 27.6 Å². The summed E-state index contributed by atoms with van der Waals surface area (Å²) in [5.41, 5.74) is 1.14. The molecule has 0 spiro atoms. The van der Waals surface area contributed by atoms with E-state index in [0.717, 1.165) is 36.5 Å². The van der Waals surface area contributed by atoms with Crippen LogP contribution in [0.4, 0.5) is 0 Å². The zero-order chi connectivity index (χ0) is 21.4. The second-order valence-electron chi connectivity index (χ2n) is 7.85. The number of fused-ring (bicyclic) bond motifs is 2. The fourth-order valence-corrected chi connectivity index (χ4v) is 4.36. The van der Waals surface area contributed by atoms with Crippen molar-refractivity contribution < 1.29 is 13.9 Å². The van der Waals surface area contributed by atoms with Gasteiger partial charge < -0.3 is 14.5 Å². The average molecular weight is 417 g/mol. The van der Waals surface area contributed by atoms with E-state index in [9.17, 15) is 9.59 Å². The summed E-state index contributed by atoms with van der Waals surface area (Å²) in [4.78, 5) is 25.8. The molecule has 0 radical (unpaired) electrons. The minimum Gasteiger partial charge on any atom is -0.493 e. The lowest BCUT2D eigenvalue weighted by Gasteiger charge is -2.16. The molecule has 7 nitrogen and oxygen atoms in total. The van der Waals surface area contributed by atoms with Gasteiger partial charge in [0.1, 0.15) is 0 Å². The molecule has 0 saturated heterocycles. The number of ether oxygens (including phenoxy) is 1. The number of rotatable bonds is 5. The number of furan rings is 1. The van der Waals surface area contributed by atoms with Crippen LogP contribution in [0, 0.1) is 0 Å². The van der Waals surface area contributed by atoms with Gasteiger partial charge in [-0.2, -0.15) is 5.10 Å². The van der Waals surface area contributed by atoms with Gasteiger partial charge in [0.2, 0.25) is 0 Å². The maximum atomic E-state index is 13.0. The van der Waals surface area contributed by atoms with Crippen molar-refractivity contribution in [2.45, 2.75) is 38.3 Å². The predicted octanol–water partition coefficient (Wildman–Crippen LogP) is 4.20. The highest BCUT2D eigenvalue weighted by Crippen LogP contribution is 2.29. The number of hydrogen-bond donors (Lipinski definition) is 1. The Balaban J connectivity index is 1.46. The number of nitrogens with zero attached hydrogens (tertiary/aromatic N) is 2. The van der Waals surface area contributed by atoms with Crippen LogP contribution in [0.15, 0.2) is 57.7 Å². The molecule has 7 heteroatoms. The molecule has 1 aliphatic carbocycles. The molecule has 2 heterocycles. The van der Waals surface area contributed by atoms with Gasteiger partial charge in [-0.25, -0.2) is 4.68 Å². The van der Waals surface area contributed by atoms with Crippen LogP contribution in [-0.4, -0.2) is 22.8 Å². The van der Waals surface area contributed by atoms with Crippen LogP contribution in [0.1, 0.15) is 48.0 Å². The van der Waals surface area contributed by atoms with Gasteiger partial charge >= 0.3 is 0 Å². The highest BCUT2D eigenvalue weighted by atomic mass is 16.5. The number of para-hydroxylation sites is 1. The first-order valence-electron chi connectivity index (χ1n) is 10.5. The molecule has 2 aromatic carbocycles. The Morgan fingerprint density at radius 1 is 1.16 bits per heavy atom. The molecule has 1 N–H and O–H groups in total. The second kappa shape index (κ2) is 7.91. The number of nitrogens with one attached hydrogen (secondary N) is 1. The standard InChI is InChI=1S/C24H23N3O4/c1-30-20-12-6-7-15-13-21(31-22(15)20)23(28)25-14-19-17-10-4-5-11-18(17)24(29)27(26-19)16-8-2-3-9-16/h4-7,10-13,16H,2-3,8-9,14H2,1H3,(H,25,28). The Kier molecular flexibility index (Phi) is 4.94. The fraction of sp³-hybridized carbons (Fsp3) is 0.292. The van der Waals surface area contributed by atoms with Crippen LogP contribution in [0.3, 0.4) is 0 Å². The highest BCUT2D eigenvalue weighted by molar-refractivity contribution is 5.97. The summed E-state index contributed by atoms with van der Waals surface area (Å²) in [6.45, 7) is 0.195. The molecule has 31 heavy (non-hydrogen) atoms. The molecule has 4 aromatic rings. The van der Waals surface area contributed by atoms with Crippen molar-refractivity contribution in [3.63, 3.8) is 0 Å². The van der Waals surface area contributed by atoms with Crippen molar-refractivity contribution in [1.29, 1.82) is 0 Å². The molecule has 5 rings (SSSR count). The lowest BCUT2D eigenvalue weighted by molar-refractivity contribution is 0.0924. The molecule has 1 saturated carbocycles. The van der Waals surface area contributed by atoms with Crippen molar-refractivity contribution in [3.8, 4) is 5.75 Å². The number of methoxy groups -OCH3 is 1. The number of carbonyl (C=O) groups is 1. The van der Waals surface area contributed by atoms with Gasteiger partial charge in [0.25, 0.3) is 11.5 Å². The van der Waals surface area contributed by atoms with Gasteiger partial charge in [0, 0.05) is 10.8 Å². The van der Waals surface area contributed by atoms with Crippen molar-refractivity contribution in [3.05, 3.63) is 70.3 Å². The van der Waals surface area contributed by atoms with Crippen molar-refractivity contribution in [2.24, 2.45) is 0 Å². The molecule has 0 atom stereocenters. The average Bonchev–Trinajstić information content (AvgIpc) is 3.48. The summed E-state index contributed by atoms with van der Waals surface area (Å²) < 4.78 is 12.7. The van der Waals surface area contributed by atoms with Crippen molar-refractivity contribution in [1.82, 2.24) is 15.1 Å². The van der Waals surface area contributed by atoms with Gasteiger partial charge in [-0.1, -0.05) is 43.2 Å². The van der Waals surface area contributed by atoms with Gasteiger partial charge in [-0.3, -0.25) is 9.59 Å². The summed E-state index contributed by atoms with van der Waals surface area (Å²) >= 11 is 0. The summed E-state index contributed by atoms with van der Waals surface area (Å²) in [6.07, 6.45) is 4.12. The third-order valence-electron chi connectivity index (χ3n) is 5.94. The predicted molar refractivity (Wildman–Crippen MR) is 117 cm³/mol. The van der Waals surface area contributed by atoms with Crippen LogP contribution in [0.25, 0.3) is 21.7 Å². The van der Waals surface area contributed by atoms with E-state index >= 15 is 0 Å². The Labute approximate surface area is 178 Å². The number of aromatic nitrogens is 2. The van der Waals surface area contributed by atoms with Gasteiger partial charge in [0.05, 0.1) is 30.8 Å². The maximum Gasteiger partial charge on any atom is 0.287 e. The van der Waals surface area contributed by atoms with Gasteiger partial charge in [0.15, 0.2) is 17.1 Å². The number of hydrogen-bond acceptors (Lipinski definition) is 5. The third kappa shape index (κ3) is 3.46. The van der Waals surface area contributed by atoms with E-state index in [1.165, 1.54) is 0 Å². The summed E-state index contributed by atoms with van der Waals surface area (Å²) in [5.74, 6) is 0.434. The Morgan fingerprint density at radius 2 is 1.94 bits per heavy atom. The molecule has 1 fully saturated rings. The number of benzene rings is 2. The summed E-state index contributed by atoms with van der Waals surface area (Å²) in [7, 11) is 1.56. The van der Waals surface area contributed by atoms with E-state index in [4.69, 9.17) is 9.15 Å². The van der Waals surface area contributed by atoms with Crippen LogP contribution in [0.5, 0.6) is 5.75 Å². The molecule has 1 amide bonds.